The van der Waals surface area contributed by atoms with E-state index in [2.05, 4.69) is 22.2 Å². The number of nitrogens with one attached hydrogen (secondary N) is 1. The lowest BCUT2D eigenvalue weighted by Gasteiger charge is -2.08. The summed E-state index contributed by atoms with van der Waals surface area (Å²) >= 11 is 0. The molecule has 0 aliphatic heterocycles. The number of rotatable bonds is 6. The van der Waals surface area contributed by atoms with Crippen LogP contribution in [0.4, 0.5) is 5.69 Å². The zero-order valence-electron chi connectivity index (χ0n) is 14.3. The monoisotopic (exact) mass is 349 g/mol. The number of nitrogens with zero attached hydrogens (tertiary/aromatic N) is 2. The van der Waals surface area contributed by atoms with Gasteiger partial charge in [-0.1, -0.05) is 31.2 Å². The van der Waals surface area contributed by atoms with Crippen molar-refractivity contribution in [2.24, 2.45) is 0 Å². The minimum Gasteiger partial charge on any atom is -0.508 e. The molecule has 0 aliphatic rings. The lowest BCUT2D eigenvalue weighted by Crippen LogP contribution is -2.20. The molecule has 3 rings (SSSR count). The molecule has 2 N–H and O–H groups in total. The van der Waals surface area contributed by atoms with E-state index in [1.165, 1.54) is 18.0 Å². The SMILES string of the molecule is CCc1ccc(OCC(=O)Nc2cnc(-c3cccc(O)c3)nc2)cc1. The molecule has 0 atom stereocenters. The van der Waals surface area contributed by atoms with Crippen LogP contribution in [0.5, 0.6) is 11.5 Å². The highest BCUT2D eigenvalue weighted by atomic mass is 16.5. The number of aromatic nitrogens is 2. The highest BCUT2D eigenvalue weighted by molar-refractivity contribution is 5.91. The Morgan fingerprint density at radius 2 is 1.85 bits per heavy atom. The second-order valence-corrected chi connectivity index (χ2v) is 5.68. The van der Waals surface area contributed by atoms with Crippen LogP contribution in [-0.2, 0) is 11.2 Å². The van der Waals surface area contributed by atoms with E-state index in [1.54, 1.807) is 24.3 Å². The van der Waals surface area contributed by atoms with E-state index in [0.717, 1.165) is 6.42 Å². The Hall–Kier alpha value is -3.41. The fourth-order valence-electron chi connectivity index (χ4n) is 2.35. The summed E-state index contributed by atoms with van der Waals surface area (Å²) in [7, 11) is 0. The number of hydrogen-bond acceptors (Lipinski definition) is 5. The lowest BCUT2D eigenvalue weighted by molar-refractivity contribution is -0.118. The highest BCUT2D eigenvalue weighted by Crippen LogP contribution is 2.20. The van der Waals surface area contributed by atoms with E-state index in [4.69, 9.17) is 4.74 Å². The molecule has 132 valence electrons. The van der Waals surface area contributed by atoms with Crippen LogP contribution in [0, 0.1) is 0 Å². The molecule has 6 heteroatoms. The van der Waals surface area contributed by atoms with Crippen LogP contribution in [0.25, 0.3) is 11.4 Å². The number of ether oxygens (including phenoxy) is 1. The number of aryl methyl sites for hydroxylation is 1. The Labute approximate surface area is 151 Å². The van der Waals surface area contributed by atoms with Crippen LogP contribution in [-0.4, -0.2) is 27.6 Å². The molecule has 1 aromatic heterocycles. The first-order chi connectivity index (χ1) is 12.6. The normalized spacial score (nSPS) is 10.3. The van der Waals surface area contributed by atoms with E-state index < -0.39 is 0 Å². The van der Waals surface area contributed by atoms with Crippen LogP contribution >= 0.6 is 0 Å². The van der Waals surface area contributed by atoms with E-state index in [1.807, 2.05) is 24.3 Å². The molecule has 3 aromatic rings. The average Bonchev–Trinajstić information content (AvgIpc) is 2.67. The van der Waals surface area contributed by atoms with E-state index in [-0.39, 0.29) is 18.3 Å². The average molecular weight is 349 g/mol. The van der Waals surface area contributed by atoms with Gasteiger partial charge in [-0.25, -0.2) is 9.97 Å². The van der Waals surface area contributed by atoms with E-state index >= 15 is 0 Å². The standard InChI is InChI=1S/C20H19N3O3/c1-2-14-6-8-18(9-7-14)26-13-19(25)23-16-11-21-20(22-12-16)15-4-3-5-17(24)10-15/h3-12,24H,2,13H2,1H3,(H,23,25). The number of anilines is 1. The maximum absolute atomic E-state index is 12.0. The van der Waals surface area contributed by atoms with E-state index in [9.17, 15) is 9.90 Å². The molecule has 0 unspecified atom stereocenters. The van der Waals surface area contributed by atoms with Gasteiger partial charge in [0.2, 0.25) is 0 Å². The molecule has 0 aliphatic carbocycles. The summed E-state index contributed by atoms with van der Waals surface area (Å²) in [6.45, 7) is 1.98. The van der Waals surface area contributed by atoms with Crippen molar-refractivity contribution in [2.45, 2.75) is 13.3 Å². The van der Waals surface area contributed by atoms with Gasteiger partial charge in [0, 0.05) is 5.56 Å². The fraction of sp³-hybridized carbons (Fsp3) is 0.150. The van der Waals surface area contributed by atoms with Gasteiger partial charge in [-0.3, -0.25) is 4.79 Å². The number of benzene rings is 2. The van der Waals surface area contributed by atoms with Crippen LogP contribution in [0.15, 0.2) is 60.9 Å². The largest absolute Gasteiger partial charge is 0.508 e. The number of phenolic OH excluding ortho intramolecular Hbond substituents is 1. The summed E-state index contributed by atoms with van der Waals surface area (Å²) in [5, 5.41) is 12.2. The van der Waals surface area contributed by atoms with Crippen molar-refractivity contribution >= 4 is 11.6 Å². The minimum absolute atomic E-state index is 0.0974. The molecule has 1 heterocycles. The Morgan fingerprint density at radius 3 is 2.50 bits per heavy atom. The smallest absolute Gasteiger partial charge is 0.262 e. The molecule has 0 radical (unpaired) electrons. The number of aromatic hydroxyl groups is 1. The van der Waals surface area contributed by atoms with Crippen LogP contribution in [0.2, 0.25) is 0 Å². The van der Waals surface area contributed by atoms with Gasteiger partial charge in [0.05, 0.1) is 18.1 Å². The Balaban J connectivity index is 1.55. The summed E-state index contributed by atoms with van der Waals surface area (Å²) in [4.78, 5) is 20.4. The quantitative estimate of drug-likeness (QED) is 0.712. The third kappa shape index (κ3) is 4.57. The van der Waals surface area contributed by atoms with Gasteiger partial charge >= 0.3 is 0 Å². The third-order valence-corrected chi connectivity index (χ3v) is 3.74. The van der Waals surface area contributed by atoms with Gasteiger partial charge in [-0.05, 0) is 36.2 Å². The van der Waals surface area contributed by atoms with Gasteiger partial charge in [-0.2, -0.15) is 0 Å². The van der Waals surface area contributed by atoms with E-state index in [0.29, 0.717) is 22.8 Å². The van der Waals surface area contributed by atoms with Crippen LogP contribution in [0.3, 0.4) is 0 Å². The summed E-state index contributed by atoms with van der Waals surface area (Å²) in [6.07, 6.45) is 3.99. The molecular weight excluding hydrogens is 330 g/mol. The predicted octanol–water partition coefficient (Wildman–Crippen LogP) is 3.43. The van der Waals surface area contributed by atoms with Crippen LogP contribution in [0.1, 0.15) is 12.5 Å². The zero-order chi connectivity index (χ0) is 18.4. The molecule has 0 bridgehead atoms. The molecule has 6 nitrogen and oxygen atoms in total. The maximum Gasteiger partial charge on any atom is 0.262 e. The maximum atomic E-state index is 12.0. The van der Waals surface area contributed by atoms with Crippen molar-refractivity contribution in [2.75, 3.05) is 11.9 Å². The molecular formula is C20H19N3O3. The minimum atomic E-state index is -0.293. The molecule has 0 saturated heterocycles. The highest BCUT2D eigenvalue weighted by Gasteiger charge is 2.06. The topological polar surface area (TPSA) is 84.3 Å². The molecule has 26 heavy (non-hydrogen) atoms. The molecule has 2 aromatic carbocycles. The Bertz CT molecular complexity index is 878. The number of carbonyl (C=O) groups is 1. The molecule has 0 spiro atoms. The summed E-state index contributed by atoms with van der Waals surface area (Å²) in [5.74, 6) is 0.963. The van der Waals surface area contributed by atoms with Crippen molar-refractivity contribution < 1.29 is 14.6 Å². The first kappa shape index (κ1) is 17.4. The summed E-state index contributed by atoms with van der Waals surface area (Å²) in [5.41, 5.74) is 2.39. The first-order valence-electron chi connectivity index (χ1n) is 8.27. The Morgan fingerprint density at radius 1 is 1.12 bits per heavy atom. The van der Waals surface area contributed by atoms with Gasteiger partial charge in [0.1, 0.15) is 11.5 Å². The molecule has 0 fully saturated rings. The summed E-state index contributed by atoms with van der Waals surface area (Å²) in [6, 6.07) is 14.3. The van der Waals surface area contributed by atoms with Crippen molar-refractivity contribution in [3.8, 4) is 22.9 Å². The number of carbonyl (C=O) groups excluding carboxylic acids is 1. The lowest BCUT2D eigenvalue weighted by atomic mass is 10.2. The van der Waals surface area contributed by atoms with Crippen molar-refractivity contribution in [1.29, 1.82) is 0 Å². The second-order valence-electron chi connectivity index (χ2n) is 5.68. The number of phenols is 1. The molecule has 0 saturated carbocycles. The van der Waals surface area contributed by atoms with Crippen molar-refractivity contribution in [3.05, 3.63) is 66.5 Å². The van der Waals surface area contributed by atoms with Crippen molar-refractivity contribution in [3.63, 3.8) is 0 Å². The number of amides is 1. The Kier molecular flexibility index (Phi) is 5.43. The number of hydrogen-bond donors (Lipinski definition) is 2. The predicted molar refractivity (Wildman–Crippen MR) is 99.1 cm³/mol. The summed E-state index contributed by atoms with van der Waals surface area (Å²) < 4.78 is 5.47. The van der Waals surface area contributed by atoms with Gasteiger partial charge in [0.15, 0.2) is 12.4 Å². The fourth-order valence-corrected chi connectivity index (χ4v) is 2.35. The van der Waals surface area contributed by atoms with Gasteiger partial charge < -0.3 is 15.2 Å². The third-order valence-electron chi connectivity index (χ3n) is 3.74. The second kappa shape index (κ2) is 8.11. The molecule has 1 amide bonds. The van der Waals surface area contributed by atoms with Crippen LogP contribution < -0.4 is 10.1 Å². The first-order valence-corrected chi connectivity index (χ1v) is 8.27. The zero-order valence-corrected chi connectivity index (χ0v) is 14.3. The van der Waals surface area contributed by atoms with Gasteiger partial charge in [-0.15, -0.1) is 0 Å². The van der Waals surface area contributed by atoms with Gasteiger partial charge in [0.25, 0.3) is 5.91 Å². The van der Waals surface area contributed by atoms with Crippen molar-refractivity contribution in [1.82, 2.24) is 9.97 Å².